The largest absolute Gasteiger partial charge is 0.450 e. The lowest BCUT2D eigenvalue weighted by Crippen LogP contribution is -2.40. The fraction of sp³-hybridized carbons (Fsp3) is 0.800. The summed E-state index contributed by atoms with van der Waals surface area (Å²) >= 11 is 0. The first kappa shape index (κ1) is 8.32. The highest BCUT2D eigenvalue weighted by Crippen LogP contribution is 2.18. The number of hydrogen-bond acceptors (Lipinski definition) is 3. The second-order valence-electron chi connectivity index (χ2n) is 2.17. The fourth-order valence-electron chi connectivity index (χ4n) is 0.709. The Hall–Kier alpha value is -0.780. The molecule has 0 amide bonds. The van der Waals surface area contributed by atoms with Crippen molar-refractivity contribution in [3.05, 3.63) is 0 Å². The summed E-state index contributed by atoms with van der Waals surface area (Å²) in [6.45, 7) is 1.75. The lowest BCUT2D eigenvalue weighted by Gasteiger charge is -2.04. The van der Waals surface area contributed by atoms with Crippen molar-refractivity contribution < 1.29 is 13.2 Å². The fourth-order valence-corrected chi connectivity index (χ4v) is 0.709. The van der Waals surface area contributed by atoms with Gasteiger partial charge in [-0.15, -0.1) is 0 Å². The Labute approximate surface area is 61.7 Å². The van der Waals surface area contributed by atoms with Crippen LogP contribution < -0.4 is 10.9 Å². The van der Waals surface area contributed by atoms with Gasteiger partial charge in [-0.25, -0.2) is 10.4 Å². The van der Waals surface area contributed by atoms with Gasteiger partial charge in [-0.2, -0.15) is 13.2 Å². The van der Waals surface area contributed by atoms with Crippen molar-refractivity contribution in [3.63, 3.8) is 0 Å². The second kappa shape index (κ2) is 2.69. The van der Waals surface area contributed by atoms with Crippen LogP contribution in [0.4, 0.5) is 13.2 Å². The molecule has 0 fully saturated rings. The third kappa shape index (κ3) is 1.83. The summed E-state index contributed by atoms with van der Waals surface area (Å²) in [6, 6.07) is 0. The summed E-state index contributed by atoms with van der Waals surface area (Å²) < 4.78 is 35.5. The van der Waals surface area contributed by atoms with E-state index < -0.39 is 18.2 Å². The van der Waals surface area contributed by atoms with Crippen LogP contribution in [0.25, 0.3) is 0 Å². The Kier molecular flexibility index (Phi) is 2.03. The standard InChI is InChI=1S/C5H8F3N3/c1-2-3-9-4(11-10-3)5(6,7)8/h3,10H,2H2,1H3,(H,9,11). The number of hydrogen-bond donors (Lipinski definition) is 2. The molecule has 3 nitrogen and oxygen atoms in total. The normalized spacial score (nSPS) is 24.7. The number of nitrogens with zero attached hydrogens (tertiary/aromatic N) is 1. The van der Waals surface area contributed by atoms with E-state index in [9.17, 15) is 13.2 Å². The summed E-state index contributed by atoms with van der Waals surface area (Å²) in [6.07, 6.45) is -4.28. The van der Waals surface area contributed by atoms with Crippen LogP contribution in [0.15, 0.2) is 4.99 Å². The van der Waals surface area contributed by atoms with Crippen molar-refractivity contribution in [3.8, 4) is 0 Å². The second-order valence-corrected chi connectivity index (χ2v) is 2.17. The molecule has 1 atom stereocenters. The van der Waals surface area contributed by atoms with Crippen molar-refractivity contribution in [1.29, 1.82) is 0 Å². The van der Waals surface area contributed by atoms with Crippen LogP contribution in [0.5, 0.6) is 0 Å². The van der Waals surface area contributed by atoms with Crippen molar-refractivity contribution in [2.75, 3.05) is 0 Å². The van der Waals surface area contributed by atoms with Crippen molar-refractivity contribution >= 4 is 5.84 Å². The monoisotopic (exact) mass is 167 g/mol. The SMILES string of the molecule is CCC1N=C(C(F)(F)F)NN1. The Morgan fingerprint density at radius 2 is 2.18 bits per heavy atom. The zero-order chi connectivity index (χ0) is 8.48. The topological polar surface area (TPSA) is 36.4 Å². The van der Waals surface area contributed by atoms with Gasteiger partial charge in [0.15, 0.2) is 0 Å². The average Bonchev–Trinajstić information content (AvgIpc) is 2.32. The molecular weight excluding hydrogens is 159 g/mol. The molecule has 0 saturated carbocycles. The lowest BCUT2D eigenvalue weighted by molar-refractivity contribution is -0.0614. The molecule has 0 spiro atoms. The minimum Gasteiger partial charge on any atom is -0.300 e. The number of alkyl halides is 3. The molecule has 0 radical (unpaired) electrons. The molecule has 1 aliphatic heterocycles. The van der Waals surface area contributed by atoms with E-state index in [1.54, 1.807) is 6.92 Å². The third-order valence-electron chi connectivity index (χ3n) is 1.30. The van der Waals surface area contributed by atoms with Gasteiger partial charge in [0.2, 0.25) is 5.84 Å². The summed E-state index contributed by atoms with van der Waals surface area (Å²) in [7, 11) is 0. The molecule has 6 heteroatoms. The molecule has 0 bridgehead atoms. The highest BCUT2D eigenvalue weighted by atomic mass is 19.4. The average molecular weight is 167 g/mol. The summed E-state index contributed by atoms with van der Waals surface area (Å²) in [5.74, 6) is -0.940. The van der Waals surface area contributed by atoms with E-state index in [1.165, 1.54) is 0 Å². The number of hydrazine groups is 1. The summed E-state index contributed by atoms with van der Waals surface area (Å²) in [5, 5.41) is 0. The molecule has 1 aliphatic rings. The molecule has 1 heterocycles. The molecule has 11 heavy (non-hydrogen) atoms. The van der Waals surface area contributed by atoms with E-state index >= 15 is 0 Å². The molecule has 0 saturated heterocycles. The van der Waals surface area contributed by atoms with Crippen LogP contribution in [-0.4, -0.2) is 18.2 Å². The number of rotatable bonds is 1. The zero-order valence-electron chi connectivity index (χ0n) is 5.87. The first-order valence-corrected chi connectivity index (χ1v) is 3.20. The van der Waals surface area contributed by atoms with Gasteiger partial charge in [0.25, 0.3) is 0 Å². The van der Waals surface area contributed by atoms with E-state index in [1.807, 2.05) is 5.43 Å². The van der Waals surface area contributed by atoms with Crippen LogP contribution >= 0.6 is 0 Å². The van der Waals surface area contributed by atoms with Gasteiger partial charge in [-0.05, 0) is 6.42 Å². The highest BCUT2D eigenvalue weighted by molar-refractivity contribution is 5.88. The van der Waals surface area contributed by atoms with E-state index in [2.05, 4.69) is 10.4 Å². The summed E-state index contributed by atoms with van der Waals surface area (Å²) in [5.41, 5.74) is 4.36. The Balaban J connectivity index is 2.62. The maximum Gasteiger partial charge on any atom is 0.450 e. The molecule has 1 unspecified atom stereocenters. The number of amidine groups is 1. The molecular formula is C5H8F3N3. The van der Waals surface area contributed by atoms with Gasteiger partial charge < -0.3 is 0 Å². The van der Waals surface area contributed by atoms with Crippen molar-refractivity contribution in [2.24, 2.45) is 4.99 Å². The lowest BCUT2D eigenvalue weighted by atomic mass is 10.4. The first-order chi connectivity index (χ1) is 5.04. The predicted octanol–water partition coefficient (Wildman–Crippen LogP) is 0.791. The first-order valence-electron chi connectivity index (χ1n) is 3.20. The van der Waals surface area contributed by atoms with Crippen LogP contribution in [0.3, 0.4) is 0 Å². The molecule has 64 valence electrons. The van der Waals surface area contributed by atoms with E-state index in [4.69, 9.17) is 0 Å². The Morgan fingerprint density at radius 3 is 2.45 bits per heavy atom. The van der Waals surface area contributed by atoms with Gasteiger partial charge in [-0.3, -0.25) is 5.43 Å². The van der Waals surface area contributed by atoms with E-state index in [0.717, 1.165) is 0 Å². The number of nitrogens with one attached hydrogen (secondary N) is 2. The maximum atomic E-state index is 11.8. The minimum atomic E-state index is -4.36. The summed E-state index contributed by atoms with van der Waals surface area (Å²) in [4.78, 5) is 3.35. The number of halogens is 3. The molecule has 0 aliphatic carbocycles. The minimum absolute atomic E-state index is 0.452. The van der Waals surface area contributed by atoms with Gasteiger partial charge in [0.05, 0.1) is 0 Å². The van der Waals surface area contributed by atoms with Crippen LogP contribution in [0.2, 0.25) is 0 Å². The van der Waals surface area contributed by atoms with E-state index in [-0.39, 0.29) is 0 Å². The third-order valence-corrected chi connectivity index (χ3v) is 1.30. The van der Waals surface area contributed by atoms with E-state index in [0.29, 0.717) is 6.42 Å². The van der Waals surface area contributed by atoms with Gasteiger partial charge in [0, 0.05) is 0 Å². The Morgan fingerprint density at radius 1 is 1.55 bits per heavy atom. The van der Waals surface area contributed by atoms with Crippen LogP contribution in [0.1, 0.15) is 13.3 Å². The zero-order valence-corrected chi connectivity index (χ0v) is 5.87. The van der Waals surface area contributed by atoms with Crippen molar-refractivity contribution in [1.82, 2.24) is 10.9 Å². The molecule has 0 aromatic rings. The van der Waals surface area contributed by atoms with Gasteiger partial charge >= 0.3 is 6.18 Å². The number of aliphatic imine (C=N–C) groups is 1. The predicted molar refractivity (Wildman–Crippen MR) is 33.8 cm³/mol. The highest BCUT2D eigenvalue weighted by Gasteiger charge is 2.39. The molecule has 1 rings (SSSR count). The van der Waals surface area contributed by atoms with Crippen LogP contribution in [0, 0.1) is 0 Å². The van der Waals surface area contributed by atoms with Gasteiger partial charge in [-0.1, -0.05) is 6.92 Å². The molecule has 2 N–H and O–H groups in total. The molecule has 0 aromatic heterocycles. The van der Waals surface area contributed by atoms with Gasteiger partial charge in [0.1, 0.15) is 6.17 Å². The quantitative estimate of drug-likeness (QED) is 0.605. The molecule has 0 aromatic carbocycles. The smallest absolute Gasteiger partial charge is 0.300 e. The Bertz CT molecular complexity index is 174. The van der Waals surface area contributed by atoms with Crippen LogP contribution in [-0.2, 0) is 0 Å². The van der Waals surface area contributed by atoms with Crippen molar-refractivity contribution in [2.45, 2.75) is 25.7 Å². The maximum absolute atomic E-state index is 11.8.